The molecule has 0 radical (unpaired) electrons. The van der Waals surface area contributed by atoms with Gasteiger partial charge in [0.25, 0.3) is 0 Å². The molecule has 296 valence electrons. The Hall–Kier alpha value is -7.94. The Labute approximate surface area is 368 Å². The van der Waals surface area contributed by atoms with Gasteiger partial charge in [0.1, 0.15) is 0 Å². The molecule has 0 saturated heterocycles. The number of nitrogens with zero attached hydrogens (tertiary/aromatic N) is 2. The number of para-hydroxylation sites is 1. The van der Waals surface area contributed by atoms with Gasteiger partial charge in [-0.2, -0.15) is 0 Å². The minimum Gasteiger partial charge on any atom is -0.310 e. The Morgan fingerprint density at radius 1 is 0.397 bits per heavy atom. The van der Waals surface area contributed by atoms with Crippen LogP contribution in [0.1, 0.15) is 39.9 Å². The first-order valence-electron chi connectivity index (χ1n) is 22.1. The average Bonchev–Trinajstić information content (AvgIpc) is 3.96. The van der Waals surface area contributed by atoms with Crippen molar-refractivity contribution in [2.45, 2.75) is 18.3 Å². The molecule has 0 unspecified atom stereocenters. The van der Waals surface area contributed by atoms with Crippen LogP contribution in [0.25, 0.3) is 67.2 Å². The standard InChI is InChI=1S/C61H42N2/c1-3-15-41(16-4-1)42-27-32-46(33-28-42)62(47-34-29-43(30-35-47)44-31-38-60-54(39-44)53-22-10-14-26-59(53)63(60)45-17-5-2-6-18-45)48-36-37-52-51-21-9-13-25-57(51)61(58(52)40-48)55-23-11-7-19-49(55)50-20-8-12-24-56(50)61/h1-9,11-21,23-40H,10,22H2. The molecule has 0 N–H and O–H groups in total. The van der Waals surface area contributed by atoms with E-state index in [1.807, 2.05) is 0 Å². The average molecular weight is 803 g/mol. The number of fused-ring (bicyclic) bond motifs is 13. The fourth-order valence-electron chi connectivity index (χ4n) is 11.2. The van der Waals surface area contributed by atoms with Gasteiger partial charge in [-0.1, -0.05) is 164 Å². The van der Waals surface area contributed by atoms with E-state index in [0.29, 0.717) is 0 Å². The Morgan fingerprint density at radius 3 is 1.51 bits per heavy atom. The molecule has 2 heteroatoms. The van der Waals surface area contributed by atoms with Gasteiger partial charge < -0.3 is 9.47 Å². The monoisotopic (exact) mass is 802 g/mol. The van der Waals surface area contributed by atoms with Crippen LogP contribution in [0.3, 0.4) is 0 Å². The summed E-state index contributed by atoms with van der Waals surface area (Å²) in [5, 5.41) is 1.34. The van der Waals surface area contributed by atoms with Crippen LogP contribution < -0.4 is 4.90 Å². The van der Waals surface area contributed by atoms with Crippen molar-refractivity contribution in [2.24, 2.45) is 0 Å². The minimum absolute atomic E-state index is 0.422. The third-order valence-corrected chi connectivity index (χ3v) is 13.9. The van der Waals surface area contributed by atoms with E-state index in [0.717, 1.165) is 29.9 Å². The van der Waals surface area contributed by atoms with Gasteiger partial charge >= 0.3 is 0 Å². The summed E-state index contributed by atoms with van der Waals surface area (Å²) in [6.07, 6.45) is 6.74. The number of rotatable bonds is 6. The van der Waals surface area contributed by atoms with E-state index in [2.05, 4.69) is 240 Å². The van der Waals surface area contributed by atoms with Gasteiger partial charge in [0, 0.05) is 33.8 Å². The number of hydrogen-bond donors (Lipinski definition) is 0. The zero-order valence-corrected chi connectivity index (χ0v) is 34.7. The number of aryl methyl sites for hydroxylation is 1. The summed E-state index contributed by atoms with van der Waals surface area (Å²) < 4.78 is 2.43. The van der Waals surface area contributed by atoms with Crippen molar-refractivity contribution in [3.8, 4) is 50.2 Å². The topological polar surface area (TPSA) is 8.17 Å². The number of aromatic nitrogens is 1. The van der Waals surface area contributed by atoms with Crippen molar-refractivity contribution in [3.05, 3.63) is 258 Å². The first-order valence-corrected chi connectivity index (χ1v) is 22.1. The van der Waals surface area contributed by atoms with Crippen LogP contribution in [0.4, 0.5) is 17.1 Å². The van der Waals surface area contributed by atoms with E-state index >= 15 is 0 Å². The van der Waals surface area contributed by atoms with Crippen molar-refractivity contribution >= 4 is 34.0 Å². The maximum Gasteiger partial charge on any atom is 0.0726 e. The smallest absolute Gasteiger partial charge is 0.0726 e. The predicted molar refractivity (Wildman–Crippen MR) is 262 cm³/mol. The summed E-state index contributed by atoms with van der Waals surface area (Å²) in [7, 11) is 0. The largest absolute Gasteiger partial charge is 0.310 e. The van der Waals surface area contributed by atoms with E-state index < -0.39 is 5.41 Å². The second-order valence-corrected chi connectivity index (χ2v) is 17.1. The quantitative estimate of drug-likeness (QED) is 0.163. The third kappa shape index (κ3) is 5.31. The molecule has 13 rings (SSSR count). The molecule has 0 aliphatic heterocycles. The molecule has 0 amide bonds. The van der Waals surface area contributed by atoms with Gasteiger partial charge in [0.05, 0.1) is 10.9 Å². The molecule has 0 saturated carbocycles. The summed E-state index contributed by atoms with van der Waals surface area (Å²) in [4.78, 5) is 2.44. The van der Waals surface area contributed by atoms with Crippen LogP contribution in [0.15, 0.2) is 224 Å². The normalized spacial score (nSPS) is 13.7. The highest BCUT2D eigenvalue weighted by molar-refractivity contribution is 5.97. The lowest BCUT2D eigenvalue weighted by Crippen LogP contribution is -2.26. The fourth-order valence-corrected chi connectivity index (χ4v) is 11.2. The Bertz CT molecular complexity index is 3360. The molecule has 0 atom stereocenters. The van der Waals surface area contributed by atoms with Crippen molar-refractivity contribution < 1.29 is 0 Å². The van der Waals surface area contributed by atoms with Gasteiger partial charge in [0.15, 0.2) is 0 Å². The highest BCUT2D eigenvalue weighted by Crippen LogP contribution is 2.63. The summed E-state index contributed by atoms with van der Waals surface area (Å²) in [6, 6.07) is 81.1. The molecule has 9 aromatic carbocycles. The summed E-state index contributed by atoms with van der Waals surface area (Å²) in [6.45, 7) is 0. The van der Waals surface area contributed by atoms with Crippen molar-refractivity contribution in [1.82, 2.24) is 4.57 Å². The zero-order valence-electron chi connectivity index (χ0n) is 34.7. The molecule has 3 aliphatic carbocycles. The molecule has 0 bridgehead atoms. The molecule has 1 spiro atoms. The summed E-state index contributed by atoms with van der Waals surface area (Å²) in [5.74, 6) is 0. The SMILES string of the molecule is C1=Cc2c(c3cc(-c4ccc(N(c5ccc(-c6ccccc6)cc5)c5ccc6c(c5)C5(c7ccccc7-c7ccccc75)c5ccccc5-6)cc4)ccc3n2-c2ccccc2)CC1. The molecule has 3 aliphatic rings. The number of allylic oxidation sites excluding steroid dienone is 1. The lowest BCUT2D eigenvalue weighted by molar-refractivity contribution is 0.793. The third-order valence-electron chi connectivity index (χ3n) is 13.9. The van der Waals surface area contributed by atoms with Crippen LogP contribution in [-0.2, 0) is 11.8 Å². The lowest BCUT2D eigenvalue weighted by atomic mass is 9.70. The maximum atomic E-state index is 2.48. The van der Waals surface area contributed by atoms with Crippen LogP contribution in [0, 0.1) is 0 Å². The first kappa shape index (κ1) is 35.8. The Morgan fingerprint density at radius 2 is 0.889 bits per heavy atom. The number of benzene rings is 9. The predicted octanol–water partition coefficient (Wildman–Crippen LogP) is 15.7. The molecule has 0 fully saturated rings. The van der Waals surface area contributed by atoms with E-state index in [9.17, 15) is 0 Å². The molecular weight excluding hydrogens is 761 g/mol. The molecule has 63 heavy (non-hydrogen) atoms. The maximum absolute atomic E-state index is 2.48. The second-order valence-electron chi connectivity index (χ2n) is 17.1. The number of anilines is 3. The Kier molecular flexibility index (Phi) is 7.98. The van der Waals surface area contributed by atoms with Crippen molar-refractivity contribution in [2.75, 3.05) is 4.90 Å². The van der Waals surface area contributed by atoms with Gasteiger partial charge in [-0.05, 0) is 152 Å². The molecule has 1 aromatic heterocycles. The van der Waals surface area contributed by atoms with Gasteiger partial charge in [-0.25, -0.2) is 0 Å². The van der Waals surface area contributed by atoms with E-state index in [4.69, 9.17) is 0 Å². The van der Waals surface area contributed by atoms with Gasteiger partial charge in [0.2, 0.25) is 0 Å². The lowest BCUT2D eigenvalue weighted by Gasteiger charge is -2.32. The summed E-state index contributed by atoms with van der Waals surface area (Å²) >= 11 is 0. The van der Waals surface area contributed by atoms with Gasteiger partial charge in [-0.15, -0.1) is 0 Å². The molecule has 1 heterocycles. The molecule has 10 aromatic rings. The van der Waals surface area contributed by atoms with Crippen LogP contribution in [0.2, 0.25) is 0 Å². The van der Waals surface area contributed by atoms with Gasteiger partial charge in [-0.3, -0.25) is 0 Å². The van der Waals surface area contributed by atoms with E-state index in [1.54, 1.807) is 0 Å². The first-order chi connectivity index (χ1) is 31.3. The highest BCUT2D eigenvalue weighted by Gasteiger charge is 2.51. The van der Waals surface area contributed by atoms with Crippen LogP contribution in [-0.4, -0.2) is 4.57 Å². The minimum atomic E-state index is -0.422. The second kappa shape index (κ2) is 14.1. The van der Waals surface area contributed by atoms with E-state index in [1.165, 1.54) is 94.6 Å². The van der Waals surface area contributed by atoms with E-state index in [-0.39, 0.29) is 0 Å². The zero-order chi connectivity index (χ0) is 41.5. The number of hydrogen-bond acceptors (Lipinski definition) is 1. The fraction of sp³-hybridized carbons (Fsp3) is 0.0492. The molecular formula is C61H42N2. The van der Waals surface area contributed by atoms with Crippen molar-refractivity contribution in [1.29, 1.82) is 0 Å². The van der Waals surface area contributed by atoms with Crippen LogP contribution in [0.5, 0.6) is 0 Å². The van der Waals surface area contributed by atoms with Crippen LogP contribution >= 0.6 is 0 Å². The molecule has 2 nitrogen and oxygen atoms in total. The Balaban J connectivity index is 0.963. The highest BCUT2D eigenvalue weighted by atomic mass is 15.1. The summed E-state index contributed by atoms with van der Waals surface area (Å²) in [5.41, 5.74) is 23.6. The van der Waals surface area contributed by atoms with Crippen molar-refractivity contribution in [3.63, 3.8) is 0 Å².